The molecule has 6 heteroatoms. The molecule has 1 atom stereocenters. The Morgan fingerprint density at radius 2 is 1.55 bits per heavy atom. The first-order chi connectivity index (χ1) is 14.1. The zero-order valence-corrected chi connectivity index (χ0v) is 16.1. The van der Waals surface area contributed by atoms with E-state index in [1.165, 1.54) is 6.92 Å². The lowest BCUT2D eigenvalue weighted by Gasteiger charge is -2.15. The minimum atomic E-state index is -1.00. The summed E-state index contributed by atoms with van der Waals surface area (Å²) in [6.07, 6.45) is -1.00. The van der Waals surface area contributed by atoms with Crippen molar-refractivity contribution in [2.45, 2.75) is 13.0 Å². The highest BCUT2D eigenvalue weighted by molar-refractivity contribution is 5.98. The van der Waals surface area contributed by atoms with E-state index in [1.54, 1.807) is 67.8 Å². The maximum Gasteiger partial charge on any atom is 0.342 e. The van der Waals surface area contributed by atoms with Gasteiger partial charge in [0, 0.05) is 11.8 Å². The van der Waals surface area contributed by atoms with Gasteiger partial charge < -0.3 is 19.5 Å². The van der Waals surface area contributed by atoms with E-state index in [1.807, 2.05) is 18.2 Å². The van der Waals surface area contributed by atoms with Crippen LogP contribution in [0.4, 0.5) is 5.69 Å². The lowest BCUT2D eigenvalue weighted by Crippen LogP contribution is -2.30. The first kappa shape index (κ1) is 19.9. The van der Waals surface area contributed by atoms with Crippen LogP contribution < -0.4 is 14.8 Å². The van der Waals surface area contributed by atoms with Crippen LogP contribution in [0.15, 0.2) is 78.9 Å². The summed E-state index contributed by atoms with van der Waals surface area (Å²) in [6.45, 7) is 1.51. The Morgan fingerprint density at radius 3 is 2.31 bits per heavy atom. The molecule has 0 heterocycles. The molecule has 1 N–H and O–H groups in total. The Hall–Kier alpha value is -3.80. The van der Waals surface area contributed by atoms with Crippen molar-refractivity contribution in [2.24, 2.45) is 0 Å². The van der Waals surface area contributed by atoms with Crippen LogP contribution in [0.1, 0.15) is 17.3 Å². The van der Waals surface area contributed by atoms with Gasteiger partial charge in [0.15, 0.2) is 6.10 Å². The first-order valence-electron chi connectivity index (χ1n) is 9.04. The summed E-state index contributed by atoms with van der Waals surface area (Å²) in [7, 11) is 1.54. The maximum atomic E-state index is 12.6. The summed E-state index contributed by atoms with van der Waals surface area (Å²) in [4.78, 5) is 25.0. The summed E-state index contributed by atoms with van der Waals surface area (Å²) in [6, 6.07) is 22.7. The fraction of sp³-hybridized carbons (Fsp3) is 0.130. The normalized spacial score (nSPS) is 11.2. The molecule has 29 heavy (non-hydrogen) atoms. The van der Waals surface area contributed by atoms with Crippen molar-refractivity contribution in [3.8, 4) is 17.2 Å². The molecule has 0 radical (unpaired) electrons. The Balaban J connectivity index is 1.67. The number of esters is 1. The number of carbonyl (C=O) groups excluding carboxylic acids is 2. The average molecular weight is 391 g/mol. The van der Waals surface area contributed by atoms with Gasteiger partial charge in [0.05, 0.1) is 7.11 Å². The predicted octanol–water partition coefficient (Wildman–Crippen LogP) is 4.67. The van der Waals surface area contributed by atoms with Gasteiger partial charge in [-0.3, -0.25) is 4.79 Å². The predicted molar refractivity (Wildman–Crippen MR) is 109 cm³/mol. The smallest absolute Gasteiger partial charge is 0.342 e. The minimum absolute atomic E-state index is 0.234. The molecule has 0 unspecified atom stereocenters. The van der Waals surface area contributed by atoms with Crippen LogP contribution in [0.5, 0.6) is 17.2 Å². The third-order valence-corrected chi connectivity index (χ3v) is 4.07. The van der Waals surface area contributed by atoms with E-state index in [4.69, 9.17) is 14.2 Å². The van der Waals surface area contributed by atoms with Crippen LogP contribution in [0.3, 0.4) is 0 Å². The highest BCUT2D eigenvalue weighted by atomic mass is 16.5. The van der Waals surface area contributed by atoms with Crippen molar-refractivity contribution >= 4 is 17.6 Å². The second-order valence-corrected chi connectivity index (χ2v) is 6.18. The van der Waals surface area contributed by atoms with E-state index in [9.17, 15) is 9.59 Å². The molecule has 6 nitrogen and oxygen atoms in total. The summed E-state index contributed by atoms with van der Waals surface area (Å²) >= 11 is 0. The average Bonchev–Trinajstić information content (AvgIpc) is 2.75. The number of rotatable bonds is 7. The molecule has 0 aliphatic heterocycles. The lowest BCUT2D eigenvalue weighted by atomic mass is 10.2. The fourth-order valence-electron chi connectivity index (χ4n) is 2.56. The summed E-state index contributed by atoms with van der Waals surface area (Å²) in [5.74, 6) is 0.456. The first-order valence-corrected chi connectivity index (χ1v) is 9.04. The van der Waals surface area contributed by atoms with Crippen LogP contribution in [-0.2, 0) is 9.53 Å². The molecule has 0 saturated heterocycles. The molecule has 3 aromatic rings. The number of anilines is 1. The van der Waals surface area contributed by atoms with Crippen LogP contribution in [0.25, 0.3) is 0 Å². The number of hydrogen-bond donors (Lipinski definition) is 1. The molecule has 148 valence electrons. The molecule has 0 spiro atoms. The van der Waals surface area contributed by atoms with Gasteiger partial charge in [0.2, 0.25) is 0 Å². The SMILES string of the molecule is COc1cccc(NC(=O)[C@@H](C)OC(=O)c2ccccc2Oc2ccccc2)c1. The van der Waals surface area contributed by atoms with Crippen molar-refractivity contribution in [1.82, 2.24) is 0 Å². The minimum Gasteiger partial charge on any atom is -0.497 e. The number of nitrogens with one attached hydrogen (secondary N) is 1. The number of para-hydroxylation sites is 2. The Kier molecular flexibility index (Phi) is 6.47. The number of ether oxygens (including phenoxy) is 3. The third-order valence-electron chi connectivity index (χ3n) is 4.07. The van der Waals surface area contributed by atoms with Crippen LogP contribution in [-0.4, -0.2) is 25.1 Å². The topological polar surface area (TPSA) is 73.9 Å². The Morgan fingerprint density at radius 1 is 0.862 bits per heavy atom. The number of amides is 1. The van der Waals surface area contributed by atoms with E-state index < -0.39 is 18.0 Å². The van der Waals surface area contributed by atoms with Gasteiger partial charge >= 0.3 is 5.97 Å². The molecule has 0 saturated carbocycles. The molecular weight excluding hydrogens is 370 g/mol. The van der Waals surface area contributed by atoms with Crippen molar-refractivity contribution in [2.75, 3.05) is 12.4 Å². The highest BCUT2D eigenvalue weighted by Crippen LogP contribution is 2.26. The zero-order valence-electron chi connectivity index (χ0n) is 16.1. The van der Waals surface area contributed by atoms with Gasteiger partial charge in [-0.1, -0.05) is 36.4 Å². The van der Waals surface area contributed by atoms with E-state index >= 15 is 0 Å². The summed E-state index contributed by atoms with van der Waals surface area (Å²) < 4.78 is 16.3. The van der Waals surface area contributed by atoms with Crippen LogP contribution >= 0.6 is 0 Å². The van der Waals surface area contributed by atoms with E-state index in [0.717, 1.165) is 0 Å². The monoisotopic (exact) mass is 391 g/mol. The lowest BCUT2D eigenvalue weighted by molar-refractivity contribution is -0.123. The van der Waals surface area contributed by atoms with E-state index in [2.05, 4.69) is 5.32 Å². The molecule has 3 rings (SSSR count). The molecule has 0 aliphatic rings. The summed E-state index contributed by atoms with van der Waals surface area (Å²) in [5, 5.41) is 2.70. The molecule has 0 aliphatic carbocycles. The standard InChI is InChI=1S/C23H21NO5/c1-16(22(25)24-17-9-8-12-19(15-17)27-2)28-23(26)20-13-6-7-14-21(20)29-18-10-4-3-5-11-18/h3-16H,1-2H3,(H,24,25)/t16-/m1/s1. The van der Waals surface area contributed by atoms with E-state index in [-0.39, 0.29) is 5.56 Å². The van der Waals surface area contributed by atoms with Gasteiger partial charge in [-0.25, -0.2) is 4.79 Å². The van der Waals surface area contributed by atoms with Gasteiger partial charge in [-0.15, -0.1) is 0 Å². The molecule has 1 amide bonds. The number of methoxy groups -OCH3 is 1. The Bertz CT molecular complexity index is 987. The number of benzene rings is 3. The van der Waals surface area contributed by atoms with E-state index in [0.29, 0.717) is 22.9 Å². The van der Waals surface area contributed by atoms with Crippen LogP contribution in [0.2, 0.25) is 0 Å². The largest absolute Gasteiger partial charge is 0.497 e. The quantitative estimate of drug-likeness (QED) is 0.593. The van der Waals surface area contributed by atoms with Crippen molar-refractivity contribution < 1.29 is 23.8 Å². The molecule has 0 bridgehead atoms. The zero-order chi connectivity index (χ0) is 20.6. The second kappa shape index (κ2) is 9.41. The molecular formula is C23H21NO5. The van der Waals surface area contributed by atoms with Crippen molar-refractivity contribution in [3.63, 3.8) is 0 Å². The molecule has 0 aromatic heterocycles. The summed E-state index contributed by atoms with van der Waals surface area (Å²) in [5.41, 5.74) is 0.780. The van der Waals surface area contributed by atoms with Crippen LogP contribution in [0, 0.1) is 0 Å². The van der Waals surface area contributed by atoms with Gasteiger partial charge in [0.25, 0.3) is 5.91 Å². The Labute approximate surface area is 169 Å². The van der Waals surface area contributed by atoms with Gasteiger partial charge in [0.1, 0.15) is 22.8 Å². The number of carbonyl (C=O) groups is 2. The maximum absolute atomic E-state index is 12.6. The molecule has 3 aromatic carbocycles. The van der Waals surface area contributed by atoms with Crippen molar-refractivity contribution in [1.29, 1.82) is 0 Å². The fourth-order valence-corrected chi connectivity index (χ4v) is 2.56. The number of hydrogen-bond acceptors (Lipinski definition) is 5. The molecule has 0 fully saturated rings. The van der Waals surface area contributed by atoms with Crippen molar-refractivity contribution in [3.05, 3.63) is 84.4 Å². The third kappa shape index (κ3) is 5.35. The highest BCUT2D eigenvalue weighted by Gasteiger charge is 2.21. The van der Waals surface area contributed by atoms with Gasteiger partial charge in [-0.2, -0.15) is 0 Å². The second-order valence-electron chi connectivity index (χ2n) is 6.18. The van der Waals surface area contributed by atoms with Gasteiger partial charge in [-0.05, 0) is 43.3 Å².